The second-order valence-electron chi connectivity index (χ2n) is 7.15. The first-order chi connectivity index (χ1) is 12.5. The lowest BCUT2D eigenvalue weighted by molar-refractivity contribution is -0.130. The molecule has 0 saturated carbocycles. The van der Waals surface area contributed by atoms with Crippen LogP contribution in [0.25, 0.3) is 0 Å². The normalized spacial score (nSPS) is 20.8. The Hall–Kier alpha value is -2.44. The molecular weight excluding hydrogens is 332 g/mol. The number of carbonyl (C=O) groups excluding carboxylic acids is 2. The smallest absolute Gasteiger partial charge is 0.317 e. The highest BCUT2D eigenvalue weighted by Crippen LogP contribution is 2.21. The summed E-state index contributed by atoms with van der Waals surface area (Å²) >= 11 is 0. The highest BCUT2D eigenvalue weighted by Gasteiger charge is 2.24. The molecule has 1 aromatic carbocycles. The highest BCUT2D eigenvalue weighted by atomic mass is 16.3. The van der Waals surface area contributed by atoms with Gasteiger partial charge in [0.1, 0.15) is 5.75 Å². The summed E-state index contributed by atoms with van der Waals surface area (Å²) in [6.07, 6.45) is 2.05. The molecule has 142 valence electrons. The van der Waals surface area contributed by atoms with Crippen molar-refractivity contribution in [1.82, 2.24) is 15.1 Å². The summed E-state index contributed by atoms with van der Waals surface area (Å²) in [6, 6.07) is 7.18. The van der Waals surface area contributed by atoms with Crippen LogP contribution in [0.5, 0.6) is 5.75 Å². The summed E-state index contributed by atoms with van der Waals surface area (Å²) in [5.74, 6) is 0.712. The number of amides is 3. The zero-order valence-corrected chi connectivity index (χ0v) is 15.4. The minimum Gasteiger partial charge on any atom is -0.508 e. The lowest BCUT2D eigenvalue weighted by atomic mass is 9.98. The van der Waals surface area contributed by atoms with Gasteiger partial charge in [-0.15, -0.1) is 0 Å². The number of anilines is 1. The van der Waals surface area contributed by atoms with Gasteiger partial charge in [0.2, 0.25) is 5.91 Å². The molecule has 0 radical (unpaired) electrons. The van der Waals surface area contributed by atoms with E-state index in [1.54, 1.807) is 19.1 Å². The fourth-order valence-electron chi connectivity index (χ4n) is 3.72. The first-order valence-corrected chi connectivity index (χ1v) is 9.35. The average Bonchev–Trinajstić information content (AvgIpc) is 2.66. The average molecular weight is 360 g/mol. The number of phenolic OH excluding ortho intramolecular Hbond substituents is 1. The molecule has 7 heteroatoms. The summed E-state index contributed by atoms with van der Waals surface area (Å²) in [6.45, 7) is 6.61. The Labute approximate surface area is 154 Å². The van der Waals surface area contributed by atoms with E-state index in [1.165, 1.54) is 0 Å². The molecule has 0 aliphatic carbocycles. The standard InChI is InChI=1S/C19H28N4O3/c1-15(24)23-7-3-4-16(14-23)13-20-19(26)22-10-8-21(9-11-22)17-5-2-6-18(25)12-17/h2,5-6,12,16,25H,3-4,7-11,13-14H2,1H3,(H,20,26)/t16-/m1/s1. The maximum Gasteiger partial charge on any atom is 0.317 e. The van der Waals surface area contributed by atoms with Crippen LogP contribution in [0.3, 0.4) is 0 Å². The van der Waals surface area contributed by atoms with Crippen LogP contribution >= 0.6 is 0 Å². The molecule has 26 heavy (non-hydrogen) atoms. The number of benzene rings is 1. The van der Waals surface area contributed by atoms with Gasteiger partial charge in [-0.1, -0.05) is 6.07 Å². The third kappa shape index (κ3) is 4.59. The first kappa shape index (κ1) is 18.4. The largest absolute Gasteiger partial charge is 0.508 e. The van der Waals surface area contributed by atoms with E-state index in [4.69, 9.17) is 0 Å². The molecule has 2 N–H and O–H groups in total. The number of hydrogen-bond acceptors (Lipinski definition) is 4. The lowest BCUT2D eigenvalue weighted by Crippen LogP contribution is -2.53. The maximum atomic E-state index is 12.4. The minimum absolute atomic E-state index is 0.0273. The molecule has 1 atom stereocenters. The summed E-state index contributed by atoms with van der Waals surface area (Å²) in [4.78, 5) is 29.8. The van der Waals surface area contributed by atoms with Crippen molar-refractivity contribution in [3.05, 3.63) is 24.3 Å². The summed E-state index contributed by atoms with van der Waals surface area (Å²) in [5.41, 5.74) is 0.983. The van der Waals surface area contributed by atoms with Crippen molar-refractivity contribution in [1.29, 1.82) is 0 Å². The van der Waals surface area contributed by atoms with E-state index < -0.39 is 0 Å². The number of piperidine rings is 1. The molecule has 2 aliphatic rings. The van der Waals surface area contributed by atoms with Gasteiger partial charge in [-0.25, -0.2) is 4.79 Å². The molecule has 0 aromatic heterocycles. The van der Waals surface area contributed by atoms with E-state index in [0.717, 1.165) is 44.7 Å². The molecule has 3 rings (SSSR count). The molecule has 7 nitrogen and oxygen atoms in total. The van der Waals surface area contributed by atoms with Crippen molar-refractivity contribution in [2.45, 2.75) is 19.8 Å². The van der Waals surface area contributed by atoms with Gasteiger partial charge in [-0.3, -0.25) is 4.79 Å². The van der Waals surface area contributed by atoms with Crippen LogP contribution in [0.2, 0.25) is 0 Å². The Morgan fingerprint density at radius 1 is 1.15 bits per heavy atom. The molecule has 0 bridgehead atoms. The third-order valence-corrected chi connectivity index (χ3v) is 5.27. The van der Waals surface area contributed by atoms with E-state index in [1.807, 2.05) is 21.9 Å². The van der Waals surface area contributed by atoms with Crippen LogP contribution < -0.4 is 10.2 Å². The fraction of sp³-hybridized carbons (Fsp3) is 0.579. The second kappa shape index (κ2) is 8.29. The zero-order valence-electron chi connectivity index (χ0n) is 15.4. The van der Waals surface area contributed by atoms with Crippen LogP contribution in [0.15, 0.2) is 24.3 Å². The number of aromatic hydroxyl groups is 1. The number of nitrogens with zero attached hydrogens (tertiary/aromatic N) is 3. The SMILES string of the molecule is CC(=O)N1CCC[C@H](CNC(=O)N2CCN(c3cccc(O)c3)CC2)C1. The Bertz CT molecular complexity index is 643. The van der Waals surface area contributed by atoms with E-state index in [2.05, 4.69) is 10.2 Å². The van der Waals surface area contributed by atoms with Crippen molar-refractivity contribution in [2.24, 2.45) is 5.92 Å². The number of hydrogen-bond donors (Lipinski definition) is 2. The lowest BCUT2D eigenvalue weighted by Gasteiger charge is -2.37. The topological polar surface area (TPSA) is 76.1 Å². The summed E-state index contributed by atoms with van der Waals surface area (Å²) in [7, 11) is 0. The van der Waals surface area contributed by atoms with Gasteiger partial charge in [-0.2, -0.15) is 0 Å². The Balaban J connectivity index is 1.43. The van der Waals surface area contributed by atoms with Crippen molar-refractivity contribution in [3.8, 4) is 5.75 Å². The molecule has 2 aliphatic heterocycles. The van der Waals surface area contributed by atoms with Gasteiger partial charge >= 0.3 is 6.03 Å². The number of rotatable bonds is 3. The van der Waals surface area contributed by atoms with E-state index in [9.17, 15) is 14.7 Å². The highest BCUT2D eigenvalue weighted by molar-refractivity contribution is 5.75. The molecule has 0 spiro atoms. The van der Waals surface area contributed by atoms with Crippen LogP contribution in [-0.4, -0.2) is 72.7 Å². The predicted molar refractivity (Wildman–Crippen MR) is 100 cm³/mol. The predicted octanol–water partition coefficient (Wildman–Crippen LogP) is 1.48. The van der Waals surface area contributed by atoms with E-state index in [0.29, 0.717) is 25.6 Å². The van der Waals surface area contributed by atoms with Gasteiger partial charge in [0.05, 0.1) is 0 Å². The molecule has 2 fully saturated rings. The third-order valence-electron chi connectivity index (χ3n) is 5.27. The zero-order chi connectivity index (χ0) is 18.5. The number of nitrogens with one attached hydrogen (secondary N) is 1. The van der Waals surface area contributed by atoms with Crippen molar-refractivity contribution in [3.63, 3.8) is 0 Å². The van der Waals surface area contributed by atoms with E-state index in [-0.39, 0.29) is 17.7 Å². The number of urea groups is 1. The van der Waals surface area contributed by atoms with Crippen molar-refractivity contribution >= 4 is 17.6 Å². The molecule has 3 amide bonds. The van der Waals surface area contributed by atoms with Gasteiger partial charge in [0, 0.05) is 64.5 Å². The Morgan fingerprint density at radius 3 is 2.62 bits per heavy atom. The van der Waals surface area contributed by atoms with Crippen LogP contribution in [0.1, 0.15) is 19.8 Å². The molecule has 2 heterocycles. The number of phenols is 1. The van der Waals surface area contributed by atoms with Crippen molar-refractivity contribution in [2.75, 3.05) is 50.7 Å². The Kier molecular flexibility index (Phi) is 5.85. The number of likely N-dealkylation sites (tertiary alicyclic amines) is 1. The Morgan fingerprint density at radius 2 is 1.92 bits per heavy atom. The second-order valence-corrected chi connectivity index (χ2v) is 7.15. The number of piperazine rings is 1. The summed E-state index contributed by atoms with van der Waals surface area (Å²) < 4.78 is 0. The number of carbonyl (C=O) groups is 2. The van der Waals surface area contributed by atoms with Crippen molar-refractivity contribution < 1.29 is 14.7 Å². The van der Waals surface area contributed by atoms with Gasteiger partial charge < -0.3 is 25.1 Å². The van der Waals surface area contributed by atoms with Gasteiger partial charge in [0.15, 0.2) is 0 Å². The summed E-state index contributed by atoms with van der Waals surface area (Å²) in [5, 5.41) is 12.6. The minimum atomic E-state index is -0.0273. The monoisotopic (exact) mass is 360 g/mol. The molecule has 0 unspecified atom stereocenters. The van der Waals surface area contributed by atoms with Crippen LogP contribution in [0, 0.1) is 5.92 Å². The molecule has 2 saturated heterocycles. The molecule has 1 aromatic rings. The maximum absolute atomic E-state index is 12.4. The fourth-order valence-corrected chi connectivity index (χ4v) is 3.72. The van der Waals surface area contributed by atoms with Gasteiger partial charge in [0.25, 0.3) is 0 Å². The molecular formula is C19H28N4O3. The van der Waals surface area contributed by atoms with E-state index >= 15 is 0 Å². The van der Waals surface area contributed by atoms with Gasteiger partial charge in [-0.05, 0) is 30.9 Å². The van der Waals surface area contributed by atoms with Crippen LogP contribution in [0.4, 0.5) is 10.5 Å². The van der Waals surface area contributed by atoms with Crippen LogP contribution in [-0.2, 0) is 4.79 Å². The first-order valence-electron chi connectivity index (χ1n) is 9.35. The quantitative estimate of drug-likeness (QED) is 0.856.